The molecule has 2 aliphatic rings. The second-order valence-corrected chi connectivity index (χ2v) is 7.01. The van der Waals surface area contributed by atoms with Gasteiger partial charge in [-0.2, -0.15) is 0 Å². The van der Waals surface area contributed by atoms with Gasteiger partial charge in [0.15, 0.2) is 6.04 Å². The topological polar surface area (TPSA) is 77.3 Å². The average Bonchev–Trinajstić information content (AvgIpc) is 2.98. The molecule has 0 saturated carbocycles. The number of rotatable bonds is 7. The number of imide groups is 1. The van der Waals surface area contributed by atoms with Crippen molar-refractivity contribution in [2.75, 3.05) is 37.8 Å². The van der Waals surface area contributed by atoms with Crippen molar-refractivity contribution in [3.8, 4) is 0 Å². The van der Waals surface area contributed by atoms with Crippen LogP contribution in [0, 0.1) is 0 Å². The zero-order chi connectivity index (χ0) is 19.2. The maximum atomic E-state index is 12.8. The second-order valence-electron chi connectivity index (χ2n) is 7.01. The number of anilines is 1. The molecule has 0 bridgehead atoms. The van der Waals surface area contributed by atoms with Crippen LogP contribution >= 0.6 is 0 Å². The summed E-state index contributed by atoms with van der Waals surface area (Å²) >= 11 is 0. The van der Waals surface area contributed by atoms with Gasteiger partial charge in [-0.25, -0.2) is 4.90 Å². The molecule has 0 unspecified atom stereocenters. The van der Waals surface area contributed by atoms with Crippen molar-refractivity contribution in [1.82, 2.24) is 0 Å². The molecule has 7 heteroatoms. The van der Waals surface area contributed by atoms with Crippen molar-refractivity contribution in [2.45, 2.75) is 38.6 Å². The molecule has 27 heavy (non-hydrogen) atoms. The van der Waals surface area contributed by atoms with E-state index in [0.717, 1.165) is 36.4 Å². The molecule has 1 N–H and O–H groups in total. The van der Waals surface area contributed by atoms with Crippen LogP contribution in [0.4, 0.5) is 5.69 Å². The van der Waals surface area contributed by atoms with Gasteiger partial charge in [0.1, 0.15) is 13.1 Å². The predicted octanol–water partition coefficient (Wildman–Crippen LogP) is 0.119. The van der Waals surface area contributed by atoms with Gasteiger partial charge in [0, 0.05) is 0 Å². The summed E-state index contributed by atoms with van der Waals surface area (Å²) in [5, 5.41) is 0. The molecule has 2 amide bonds. The smallest absolute Gasteiger partial charge is 0.310 e. The van der Waals surface area contributed by atoms with Gasteiger partial charge >= 0.3 is 5.97 Å². The zero-order valence-corrected chi connectivity index (χ0v) is 15.7. The summed E-state index contributed by atoms with van der Waals surface area (Å²) in [5.41, 5.74) is 1.36. The number of benzene rings is 1. The van der Waals surface area contributed by atoms with E-state index in [9.17, 15) is 14.4 Å². The Bertz CT molecular complexity index is 682. The highest BCUT2D eigenvalue weighted by Crippen LogP contribution is 2.22. The Labute approximate surface area is 159 Å². The molecular weight excluding hydrogens is 348 g/mol. The van der Waals surface area contributed by atoms with Crippen LogP contribution in [0.5, 0.6) is 0 Å². The minimum absolute atomic E-state index is 0.149. The van der Waals surface area contributed by atoms with E-state index in [2.05, 4.69) is 0 Å². The van der Waals surface area contributed by atoms with Crippen LogP contribution in [0.25, 0.3) is 0 Å². The maximum Gasteiger partial charge on any atom is 0.310 e. The van der Waals surface area contributed by atoms with Gasteiger partial charge in [0.25, 0.3) is 5.91 Å². The van der Waals surface area contributed by atoms with Crippen molar-refractivity contribution < 1.29 is 28.8 Å². The number of amides is 2. The Morgan fingerprint density at radius 1 is 1.22 bits per heavy atom. The number of morpholine rings is 1. The number of nitrogens with one attached hydrogen (secondary N) is 1. The third kappa shape index (κ3) is 4.73. The van der Waals surface area contributed by atoms with Crippen molar-refractivity contribution >= 4 is 23.5 Å². The first-order valence-electron chi connectivity index (χ1n) is 9.64. The molecule has 1 aromatic rings. The van der Waals surface area contributed by atoms with E-state index in [1.165, 1.54) is 4.90 Å². The number of carbonyl (C=O) groups is 3. The Hall–Kier alpha value is -2.25. The molecule has 2 saturated heterocycles. The molecule has 7 nitrogen and oxygen atoms in total. The highest BCUT2D eigenvalue weighted by molar-refractivity contribution is 6.21. The average molecular weight is 375 g/mol. The second kappa shape index (κ2) is 9.10. The molecule has 0 spiro atoms. The van der Waals surface area contributed by atoms with E-state index >= 15 is 0 Å². The highest BCUT2D eigenvalue weighted by atomic mass is 16.5. The van der Waals surface area contributed by atoms with E-state index < -0.39 is 0 Å². The lowest BCUT2D eigenvalue weighted by molar-refractivity contribution is -0.922. The Kier molecular flexibility index (Phi) is 6.58. The fraction of sp³-hybridized carbons (Fsp3) is 0.550. The maximum absolute atomic E-state index is 12.8. The predicted molar refractivity (Wildman–Crippen MR) is 98.4 cm³/mol. The van der Waals surface area contributed by atoms with Gasteiger partial charge in [0.05, 0.1) is 38.3 Å². The standard InChI is InChI=1S/C20H26N2O5/c1-2-3-10-27-19(24)13-15-4-6-16(7-5-15)22-18(23)14-17(20(22)25)21-8-11-26-12-9-21/h4-7,17H,2-3,8-14H2,1H3/p+1/t17-/m0/s1. The summed E-state index contributed by atoms with van der Waals surface area (Å²) in [6.07, 6.45) is 2.26. The Morgan fingerprint density at radius 2 is 1.93 bits per heavy atom. The van der Waals surface area contributed by atoms with Crippen LogP contribution in [0.15, 0.2) is 24.3 Å². The normalized spacial score (nSPS) is 20.9. The van der Waals surface area contributed by atoms with Gasteiger partial charge in [0.2, 0.25) is 5.91 Å². The number of carbonyl (C=O) groups excluding carboxylic acids is 3. The number of ether oxygens (including phenoxy) is 2. The fourth-order valence-corrected chi connectivity index (χ4v) is 3.52. The Balaban J connectivity index is 1.61. The van der Waals surface area contributed by atoms with Crippen molar-refractivity contribution in [3.63, 3.8) is 0 Å². The number of quaternary nitrogens is 1. The van der Waals surface area contributed by atoms with E-state index in [0.29, 0.717) is 25.5 Å². The molecular formula is C20H27N2O5+. The number of unbranched alkanes of at least 4 members (excludes halogenated alkanes) is 1. The summed E-state index contributed by atoms with van der Waals surface area (Å²) in [5.74, 6) is -0.583. The lowest BCUT2D eigenvalue weighted by atomic mass is 10.1. The molecule has 3 rings (SSSR count). The van der Waals surface area contributed by atoms with Crippen LogP contribution in [0.3, 0.4) is 0 Å². The molecule has 146 valence electrons. The molecule has 2 fully saturated rings. The summed E-state index contributed by atoms with van der Waals surface area (Å²) in [6.45, 7) is 5.22. The molecule has 0 aliphatic carbocycles. The van der Waals surface area contributed by atoms with Gasteiger partial charge in [-0.1, -0.05) is 25.5 Å². The lowest BCUT2D eigenvalue weighted by Crippen LogP contribution is -3.18. The SMILES string of the molecule is CCCCOC(=O)Cc1ccc(N2C(=O)C[C@H]([NH+]3CCOCC3)C2=O)cc1. The van der Waals surface area contributed by atoms with Gasteiger partial charge < -0.3 is 14.4 Å². The first-order chi connectivity index (χ1) is 13.1. The monoisotopic (exact) mass is 375 g/mol. The van der Waals surface area contributed by atoms with E-state index in [1.54, 1.807) is 24.3 Å². The summed E-state index contributed by atoms with van der Waals surface area (Å²) < 4.78 is 10.5. The molecule has 0 radical (unpaired) electrons. The van der Waals surface area contributed by atoms with Crippen LogP contribution in [-0.4, -0.2) is 56.7 Å². The van der Waals surface area contributed by atoms with Crippen LogP contribution in [0.1, 0.15) is 31.7 Å². The molecule has 1 aromatic carbocycles. The zero-order valence-electron chi connectivity index (χ0n) is 15.7. The quantitative estimate of drug-likeness (QED) is 0.416. The van der Waals surface area contributed by atoms with Crippen LogP contribution < -0.4 is 9.80 Å². The number of hydrogen-bond acceptors (Lipinski definition) is 5. The van der Waals surface area contributed by atoms with Crippen molar-refractivity contribution in [3.05, 3.63) is 29.8 Å². The largest absolute Gasteiger partial charge is 0.465 e. The number of nitrogens with zero attached hydrogens (tertiary/aromatic N) is 1. The van der Waals surface area contributed by atoms with Crippen LogP contribution in [0.2, 0.25) is 0 Å². The summed E-state index contributed by atoms with van der Waals surface area (Å²) in [7, 11) is 0. The number of hydrogen-bond donors (Lipinski definition) is 1. The minimum atomic E-state index is -0.324. The van der Waals surface area contributed by atoms with E-state index in [1.807, 2.05) is 6.92 Å². The third-order valence-corrected chi connectivity index (χ3v) is 5.08. The molecule has 2 heterocycles. The minimum Gasteiger partial charge on any atom is -0.465 e. The molecule has 1 atom stereocenters. The van der Waals surface area contributed by atoms with Gasteiger partial charge in [-0.05, 0) is 24.1 Å². The van der Waals surface area contributed by atoms with Crippen LogP contribution in [-0.2, 0) is 30.3 Å². The molecule has 0 aromatic heterocycles. The summed E-state index contributed by atoms with van der Waals surface area (Å²) in [6, 6.07) is 6.66. The van der Waals surface area contributed by atoms with Crippen molar-refractivity contribution in [2.24, 2.45) is 0 Å². The van der Waals surface area contributed by atoms with E-state index in [4.69, 9.17) is 9.47 Å². The van der Waals surface area contributed by atoms with E-state index in [-0.39, 0.29) is 36.7 Å². The highest BCUT2D eigenvalue weighted by Gasteiger charge is 2.46. The number of esters is 1. The van der Waals surface area contributed by atoms with Crippen molar-refractivity contribution in [1.29, 1.82) is 0 Å². The summed E-state index contributed by atoms with van der Waals surface area (Å²) in [4.78, 5) is 39.4. The first kappa shape index (κ1) is 19.5. The van der Waals surface area contributed by atoms with Gasteiger partial charge in [-0.15, -0.1) is 0 Å². The first-order valence-corrected chi connectivity index (χ1v) is 9.64. The third-order valence-electron chi connectivity index (χ3n) is 5.08. The molecule has 2 aliphatic heterocycles. The lowest BCUT2D eigenvalue weighted by Gasteiger charge is -2.27. The Morgan fingerprint density at radius 3 is 2.59 bits per heavy atom. The fourth-order valence-electron chi connectivity index (χ4n) is 3.52. The van der Waals surface area contributed by atoms with Gasteiger partial charge in [-0.3, -0.25) is 14.4 Å².